The fourth-order valence-corrected chi connectivity index (χ4v) is 2.84. The fraction of sp³-hybridized carbons (Fsp3) is 0.273. The lowest BCUT2D eigenvalue weighted by molar-refractivity contribution is 0.252. The molecule has 2 amide bonds. The lowest BCUT2D eigenvalue weighted by Crippen LogP contribution is -2.32. The average molecular weight is 422 g/mol. The fourth-order valence-electron chi connectivity index (χ4n) is 2.84. The van der Waals surface area contributed by atoms with Crippen LogP contribution in [0.2, 0.25) is 0 Å². The van der Waals surface area contributed by atoms with E-state index in [1.807, 2.05) is 51.1 Å². The minimum Gasteiger partial charge on any atom is -0.492 e. The third kappa shape index (κ3) is 6.84. The van der Waals surface area contributed by atoms with Gasteiger partial charge in [0.2, 0.25) is 0 Å². The zero-order valence-electron chi connectivity index (χ0n) is 17.9. The smallest absolute Gasteiger partial charge is 0.319 e. The largest absolute Gasteiger partial charge is 0.492 e. The molecule has 1 aromatic carbocycles. The van der Waals surface area contributed by atoms with E-state index in [4.69, 9.17) is 4.74 Å². The average Bonchev–Trinajstić information content (AvgIpc) is 2.72. The Morgan fingerprint density at radius 1 is 1.00 bits per heavy atom. The maximum absolute atomic E-state index is 12.2. The van der Waals surface area contributed by atoms with Gasteiger partial charge >= 0.3 is 6.03 Å². The zero-order chi connectivity index (χ0) is 22.1. The van der Waals surface area contributed by atoms with Crippen molar-refractivity contribution in [2.45, 2.75) is 20.8 Å². The van der Waals surface area contributed by atoms with E-state index in [9.17, 15) is 4.79 Å². The molecular weight excluding hydrogens is 394 g/mol. The van der Waals surface area contributed by atoms with E-state index in [0.717, 1.165) is 11.4 Å². The van der Waals surface area contributed by atoms with E-state index in [0.29, 0.717) is 48.6 Å². The molecular formula is C22H27N7O2. The van der Waals surface area contributed by atoms with Crippen molar-refractivity contribution in [1.82, 2.24) is 20.3 Å². The number of urea groups is 1. The standard InChI is InChI=1S/C22H27N7O2/c1-4-31-18-8-6-5-7-17(18)28-22(30)25-12-11-24-20-14-21(27-16(3)26-20)29-19-13-15(2)9-10-23-19/h5-10,13-14H,4,11-12H2,1-3H3,(H2,25,28,30)(H2,23,24,26,27,29). The van der Waals surface area contributed by atoms with Crippen LogP contribution in [0.5, 0.6) is 5.75 Å². The molecule has 3 rings (SSSR count). The SMILES string of the molecule is CCOc1ccccc1NC(=O)NCCNc1cc(Nc2cc(C)ccn2)nc(C)n1. The number of amides is 2. The van der Waals surface area contributed by atoms with Gasteiger partial charge in [0.25, 0.3) is 0 Å². The second-order valence-electron chi connectivity index (χ2n) is 6.77. The van der Waals surface area contributed by atoms with Gasteiger partial charge in [0, 0.05) is 25.4 Å². The minimum absolute atomic E-state index is 0.305. The zero-order valence-corrected chi connectivity index (χ0v) is 17.9. The van der Waals surface area contributed by atoms with Crippen LogP contribution in [0.1, 0.15) is 18.3 Å². The number of nitrogens with zero attached hydrogens (tertiary/aromatic N) is 3. The van der Waals surface area contributed by atoms with E-state index in [2.05, 4.69) is 36.2 Å². The van der Waals surface area contributed by atoms with Gasteiger partial charge in [0.1, 0.15) is 29.0 Å². The Hall–Kier alpha value is -3.88. The summed E-state index contributed by atoms with van der Waals surface area (Å²) in [6.45, 7) is 7.16. The van der Waals surface area contributed by atoms with Crippen molar-refractivity contribution in [2.75, 3.05) is 35.6 Å². The third-order valence-electron chi connectivity index (χ3n) is 4.16. The number of para-hydroxylation sites is 2. The van der Waals surface area contributed by atoms with Crippen molar-refractivity contribution in [3.05, 3.63) is 60.0 Å². The highest BCUT2D eigenvalue weighted by atomic mass is 16.5. The van der Waals surface area contributed by atoms with Gasteiger partial charge in [-0.15, -0.1) is 0 Å². The second kappa shape index (κ2) is 10.8. The molecule has 0 saturated carbocycles. The van der Waals surface area contributed by atoms with Crippen molar-refractivity contribution in [1.29, 1.82) is 0 Å². The van der Waals surface area contributed by atoms with E-state index in [-0.39, 0.29) is 6.03 Å². The van der Waals surface area contributed by atoms with Gasteiger partial charge in [-0.25, -0.2) is 19.7 Å². The number of hydrogen-bond donors (Lipinski definition) is 4. The van der Waals surface area contributed by atoms with Crippen molar-refractivity contribution >= 4 is 29.2 Å². The number of ether oxygens (including phenoxy) is 1. The molecule has 31 heavy (non-hydrogen) atoms. The highest BCUT2D eigenvalue weighted by Crippen LogP contribution is 2.23. The van der Waals surface area contributed by atoms with Gasteiger partial charge in [-0.2, -0.15) is 0 Å². The predicted octanol–water partition coefficient (Wildman–Crippen LogP) is 3.86. The molecule has 4 N–H and O–H groups in total. The van der Waals surface area contributed by atoms with E-state index in [1.165, 1.54) is 0 Å². The van der Waals surface area contributed by atoms with Crippen molar-refractivity contribution in [3.63, 3.8) is 0 Å². The summed E-state index contributed by atoms with van der Waals surface area (Å²) in [5.41, 5.74) is 1.73. The van der Waals surface area contributed by atoms with Gasteiger partial charge in [0.15, 0.2) is 0 Å². The Bertz CT molecular complexity index is 1030. The number of carbonyl (C=O) groups excluding carboxylic acids is 1. The van der Waals surface area contributed by atoms with Gasteiger partial charge in [-0.3, -0.25) is 0 Å². The molecule has 2 heterocycles. The van der Waals surface area contributed by atoms with Gasteiger partial charge < -0.3 is 26.0 Å². The molecule has 0 radical (unpaired) electrons. The van der Waals surface area contributed by atoms with Crippen LogP contribution in [-0.4, -0.2) is 40.7 Å². The number of pyridine rings is 1. The number of nitrogens with one attached hydrogen (secondary N) is 4. The van der Waals surface area contributed by atoms with Crippen LogP contribution in [0.15, 0.2) is 48.7 Å². The number of hydrogen-bond acceptors (Lipinski definition) is 7. The van der Waals surface area contributed by atoms with Crippen LogP contribution < -0.4 is 26.0 Å². The Labute approximate surface area is 181 Å². The highest BCUT2D eigenvalue weighted by molar-refractivity contribution is 5.90. The Morgan fingerprint density at radius 2 is 1.81 bits per heavy atom. The van der Waals surface area contributed by atoms with Gasteiger partial charge in [-0.05, 0) is 50.6 Å². The normalized spacial score (nSPS) is 10.3. The minimum atomic E-state index is -0.305. The molecule has 9 nitrogen and oxygen atoms in total. The molecule has 0 atom stereocenters. The lowest BCUT2D eigenvalue weighted by atomic mass is 10.3. The maximum Gasteiger partial charge on any atom is 0.319 e. The number of aromatic nitrogens is 3. The monoisotopic (exact) mass is 421 g/mol. The van der Waals surface area contributed by atoms with Crippen LogP contribution >= 0.6 is 0 Å². The molecule has 0 saturated heterocycles. The quantitative estimate of drug-likeness (QED) is 0.388. The Morgan fingerprint density at radius 3 is 2.61 bits per heavy atom. The summed E-state index contributed by atoms with van der Waals surface area (Å²) in [7, 11) is 0. The summed E-state index contributed by atoms with van der Waals surface area (Å²) in [5.74, 6) is 3.28. The number of carbonyl (C=O) groups is 1. The van der Waals surface area contributed by atoms with Crippen LogP contribution in [0.25, 0.3) is 0 Å². The van der Waals surface area contributed by atoms with E-state index >= 15 is 0 Å². The highest BCUT2D eigenvalue weighted by Gasteiger charge is 2.07. The molecule has 0 fully saturated rings. The first-order valence-corrected chi connectivity index (χ1v) is 10.1. The van der Waals surface area contributed by atoms with Crippen LogP contribution in [0.4, 0.5) is 27.9 Å². The predicted molar refractivity (Wildman–Crippen MR) is 122 cm³/mol. The van der Waals surface area contributed by atoms with Crippen molar-refractivity contribution in [2.24, 2.45) is 0 Å². The summed E-state index contributed by atoms with van der Waals surface area (Å²) in [6.07, 6.45) is 1.74. The topological polar surface area (TPSA) is 113 Å². The van der Waals surface area contributed by atoms with Crippen molar-refractivity contribution in [3.8, 4) is 5.75 Å². The number of anilines is 4. The van der Waals surface area contributed by atoms with Crippen LogP contribution in [0.3, 0.4) is 0 Å². The van der Waals surface area contributed by atoms with E-state index < -0.39 is 0 Å². The molecule has 0 spiro atoms. The first-order valence-electron chi connectivity index (χ1n) is 10.1. The first-order chi connectivity index (χ1) is 15.0. The molecule has 2 aromatic heterocycles. The lowest BCUT2D eigenvalue weighted by Gasteiger charge is -2.13. The number of rotatable bonds is 9. The first kappa shape index (κ1) is 21.8. The molecule has 0 aliphatic heterocycles. The second-order valence-corrected chi connectivity index (χ2v) is 6.77. The molecule has 0 bridgehead atoms. The van der Waals surface area contributed by atoms with E-state index in [1.54, 1.807) is 18.3 Å². The molecule has 0 aliphatic rings. The van der Waals surface area contributed by atoms with Crippen LogP contribution in [-0.2, 0) is 0 Å². The van der Waals surface area contributed by atoms with Crippen LogP contribution in [0, 0.1) is 13.8 Å². The third-order valence-corrected chi connectivity index (χ3v) is 4.16. The van der Waals surface area contributed by atoms with Gasteiger partial charge in [-0.1, -0.05) is 12.1 Å². The summed E-state index contributed by atoms with van der Waals surface area (Å²) >= 11 is 0. The summed E-state index contributed by atoms with van der Waals surface area (Å²) in [5, 5.41) is 12.0. The molecule has 0 aliphatic carbocycles. The molecule has 0 unspecified atom stereocenters. The molecule has 3 aromatic rings. The molecule has 162 valence electrons. The maximum atomic E-state index is 12.2. The van der Waals surface area contributed by atoms with Gasteiger partial charge in [0.05, 0.1) is 12.3 Å². The summed E-state index contributed by atoms with van der Waals surface area (Å²) in [4.78, 5) is 25.2. The number of benzene rings is 1. The Kier molecular flexibility index (Phi) is 7.58. The van der Waals surface area contributed by atoms with Crippen molar-refractivity contribution < 1.29 is 9.53 Å². The summed E-state index contributed by atoms with van der Waals surface area (Å²) in [6, 6.07) is 12.7. The Balaban J connectivity index is 1.49. The summed E-state index contributed by atoms with van der Waals surface area (Å²) < 4.78 is 5.51. The molecule has 9 heteroatoms. The number of aryl methyl sites for hydroxylation is 2.